The molecule has 0 heterocycles. The number of benzene rings is 2. The van der Waals surface area contributed by atoms with Crippen molar-refractivity contribution in [1.82, 2.24) is 0 Å². The average molecular weight is 912 g/mol. The number of allylic oxidation sites excluding steroid dienone is 20. The number of halogens is 1. The summed E-state index contributed by atoms with van der Waals surface area (Å²) in [6, 6.07) is 8.16. The first kappa shape index (κ1) is 58.6. The number of hydrogen-bond donors (Lipinski definition) is 5. The molecule has 0 spiro atoms. The van der Waals surface area contributed by atoms with Crippen LogP contribution in [0.25, 0.3) is 0 Å². The molecule has 0 fully saturated rings. The second-order valence-corrected chi connectivity index (χ2v) is 14.5. The Morgan fingerprint density at radius 1 is 0.508 bits per heavy atom. The van der Waals surface area contributed by atoms with Gasteiger partial charge in [-0.25, -0.2) is 4.79 Å². The van der Waals surface area contributed by atoms with E-state index >= 15 is 0 Å². The highest BCUT2D eigenvalue weighted by atomic mass is 35.5. The fourth-order valence-electron chi connectivity index (χ4n) is 5.11. The summed E-state index contributed by atoms with van der Waals surface area (Å²) in [5.41, 5.74) is 11.5. The minimum Gasteiger partial charge on any atom is -0.507 e. The molecular weight excluding hydrogens is 840 g/mol. The lowest BCUT2D eigenvalue weighted by Crippen LogP contribution is -2.12. The molecule has 2 aromatic carbocycles. The Bertz CT molecular complexity index is 1970. The molecule has 0 atom stereocenters. The van der Waals surface area contributed by atoms with Crippen molar-refractivity contribution in [2.24, 2.45) is 0 Å². The zero-order valence-electron chi connectivity index (χ0n) is 38.2. The van der Waals surface area contributed by atoms with Crippen molar-refractivity contribution in [2.45, 2.75) is 117 Å². The standard InChI is InChI=1S/C27H35NO4.C20H30O2.C7H6ClNO2/c1-2-3-4-5-6-7-8-9-10-11-12-13-14-15-16-17-18-19-26(30)32-27(31)24-22-23(28)20-21-25(24)29;1-2-3-4-5-6-7-8-9-10-11-12-13-14-15-16-17-18-19-20(21)22;8-7(11)5-3-4(9)1-2-6(5)10/h3-4,6-7,9-10,12-13,15-16,20-22,29H,2,5,8,11,14,17-19,28H2,1H3;3-4,6-7,9-10,12-13,15-16H,2,5,8,11,14,17-19H2,1H3,(H,21,22);1-3,10H,9H2/b2*4-3-,7-6-,10-9-,13-12-,16-15-;. The number of esters is 2. The van der Waals surface area contributed by atoms with Gasteiger partial charge in [0.25, 0.3) is 5.24 Å². The van der Waals surface area contributed by atoms with Crippen LogP contribution in [0, 0.1) is 0 Å². The van der Waals surface area contributed by atoms with Crippen LogP contribution in [0.1, 0.15) is 137 Å². The van der Waals surface area contributed by atoms with Crippen molar-refractivity contribution in [2.75, 3.05) is 11.5 Å². The number of phenols is 2. The minimum absolute atomic E-state index is 0.0340. The van der Waals surface area contributed by atoms with Crippen molar-refractivity contribution in [3.63, 3.8) is 0 Å². The van der Waals surface area contributed by atoms with E-state index in [1.165, 1.54) is 36.4 Å². The van der Waals surface area contributed by atoms with Crippen LogP contribution in [-0.4, -0.2) is 38.5 Å². The number of carboxylic acids is 1. The van der Waals surface area contributed by atoms with Crippen LogP contribution in [0.5, 0.6) is 11.5 Å². The first-order valence-corrected chi connectivity index (χ1v) is 22.6. The third-order valence-electron chi connectivity index (χ3n) is 8.51. The summed E-state index contributed by atoms with van der Waals surface area (Å²) in [5, 5.41) is 26.5. The van der Waals surface area contributed by atoms with Crippen LogP contribution < -0.4 is 11.5 Å². The van der Waals surface area contributed by atoms with E-state index in [9.17, 15) is 24.3 Å². The molecular formula is C54H71ClN2O8. The SMILES string of the molecule is CC/C=C\C/C=C\C/C=C\C/C=C\C/C=C\CCCC(=O)O.CC/C=C\C/C=C\C/C=C\C/C=C\C/C=C\CCCC(=O)OC(=O)c1cc(N)ccc1O.Nc1ccc(O)c(C(=O)Cl)c1. The molecule has 10 nitrogen and oxygen atoms in total. The molecule has 0 radical (unpaired) electrons. The molecule has 0 bridgehead atoms. The smallest absolute Gasteiger partial charge is 0.349 e. The van der Waals surface area contributed by atoms with Gasteiger partial charge in [-0.05, 0) is 138 Å². The number of aliphatic carboxylic acids is 1. The van der Waals surface area contributed by atoms with Gasteiger partial charge < -0.3 is 31.5 Å². The van der Waals surface area contributed by atoms with Gasteiger partial charge in [-0.2, -0.15) is 0 Å². The highest BCUT2D eigenvalue weighted by Crippen LogP contribution is 2.22. The van der Waals surface area contributed by atoms with Crippen molar-refractivity contribution < 1.29 is 39.2 Å². The van der Waals surface area contributed by atoms with E-state index in [0.29, 0.717) is 17.8 Å². The summed E-state index contributed by atoms with van der Waals surface area (Å²) in [6.07, 6.45) is 56.0. The molecule has 0 aliphatic carbocycles. The summed E-state index contributed by atoms with van der Waals surface area (Å²) in [6.45, 7) is 4.28. The number of hydrogen-bond acceptors (Lipinski definition) is 9. The molecule has 11 heteroatoms. The van der Waals surface area contributed by atoms with Crippen LogP contribution in [0.2, 0.25) is 0 Å². The molecule has 2 rings (SSSR count). The second kappa shape index (κ2) is 41.6. The Hall–Kier alpha value is -6.39. The normalized spacial score (nSPS) is 11.9. The number of rotatable bonds is 28. The largest absolute Gasteiger partial charge is 0.507 e. The fraction of sp³-hybridized carbons (Fsp3) is 0.333. The number of carbonyl (C=O) groups is 4. The first-order chi connectivity index (χ1) is 31.4. The van der Waals surface area contributed by atoms with Crippen LogP contribution in [0.4, 0.5) is 11.4 Å². The molecule has 0 amide bonds. The lowest BCUT2D eigenvalue weighted by molar-refractivity contribution is -0.138. The zero-order chi connectivity index (χ0) is 48.2. The lowest BCUT2D eigenvalue weighted by atomic mass is 10.2. The summed E-state index contributed by atoms with van der Waals surface area (Å²) in [4.78, 5) is 44.6. The molecule has 0 aromatic heterocycles. The summed E-state index contributed by atoms with van der Waals surface area (Å²) < 4.78 is 4.76. The molecule has 65 heavy (non-hydrogen) atoms. The Balaban J connectivity index is 0.00000106. The van der Waals surface area contributed by atoms with Gasteiger partial charge in [0.05, 0.1) is 5.56 Å². The van der Waals surface area contributed by atoms with Crippen LogP contribution in [-0.2, 0) is 14.3 Å². The maximum absolute atomic E-state index is 11.9. The van der Waals surface area contributed by atoms with E-state index in [4.69, 9.17) is 38.0 Å². The quantitative estimate of drug-likeness (QED) is 0.0104. The van der Waals surface area contributed by atoms with Crippen molar-refractivity contribution >= 4 is 46.1 Å². The number of carbonyl (C=O) groups excluding carboxylic acids is 3. The number of carboxylic acid groups (broad SMARTS) is 1. The van der Waals surface area contributed by atoms with Gasteiger partial charge in [-0.1, -0.05) is 135 Å². The summed E-state index contributed by atoms with van der Waals surface area (Å²) >= 11 is 5.13. The highest BCUT2D eigenvalue weighted by molar-refractivity contribution is 6.68. The topological polar surface area (TPSA) is 190 Å². The summed E-state index contributed by atoms with van der Waals surface area (Å²) in [7, 11) is 0. The minimum atomic E-state index is -0.894. The number of anilines is 2. The molecule has 0 saturated heterocycles. The van der Waals surface area contributed by atoms with Crippen LogP contribution in [0.15, 0.2) is 158 Å². The van der Waals surface area contributed by atoms with E-state index in [2.05, 4.69) is 123 Å². The Morgan fingerprint density at radius 3 is 1.17 bits per heavy atom. The number of nitrogen functional groups attached to an aromatic ring is 2. The number of nitrogens with two attached hydrogens (primary N) is 2. The maximum atomic E-state index is 11.9. The molecule has 7 N–H and O–H groups in total. The van der Waals surface area contributed by atoms with Gasteiger partial charge >= 0.3 is 17.9 Å². The van der Waals surface area contributed by atoms with Gasteiger partial charge in [0, 0.05) is 24.2 Å². The van der Waals surface area contributed by atoms with Gasteiger partial charge in [0.15, 0.2) is 0 Å². The zero-order valence-corrected chi connectivity index (χ0v) is 39.0. The predicted octanol–water partition coefficient (Wildman–Crippen LogP) is 13.9. The highest BCUT2D eigenvalue weighted by Gasteiger charge is 2.16. The number of unbranched alkanes of at least 4 members (excludes halogenated alkanes) is 2. The lowest BCUT2D eigenvalue weighted by Gasteiger charge is -2.05. The number of phenolic OH excluding ortho intramolecular Hbond substituents is 2. The number of aromatic hydroxyl groups is 2. The Kier molecular flexibility index (Phi) is 37.5. The molecule has 0 unspecified atom stereocenters. The van der Waals surface area contributed by atoms with Gasteiger partial charge in [0.2, 0.25) is 0 Å². The van der Waals surface area contributed by atoms with Crippen LogP contribution >= 0.6 is 11.6 Å². The third kappa shape index (κ3) is 36.8. The van der Waals surface area contributed by atoms with E-state index < -0.39 is 23.2 Å². The predicted molar refractivity (Wildman–Crippen MR) is 270 cm³/mol. The van der Waals surface area contributed by atoms with Gasteiger partial charge in [0.1, 0.15) is 17.1 Å². The van der Waals surface area contributed by atoms with E-state index in [1.54, 1.807) is 0 Å². The van der Waals surface area contributed by atoms with E-state index in [0.717, 1.165) is 83.5 Å². The molecule has 0 aliphatic rings. The second-order valence-electron chi connectivity index (χ2n) is 14.2. The molecule has 0 saturated carbocycles. The number of ether oxygens (including phenoxy) is 1. The monoisotopic (exact) mass is 910 g/mol. The van der Waals surface area contributed by atoms with Crippen LogP contribution in [0.3, 0.4) is 0 Å². The van der Waals surface area contributed by atoms with E-state index in [1.807, 2.05) is 12.2 Å². The van der Waals surface area contributed by atoms with Gasteiger partial charge in [-0.15, -0.1) is 0 Å². The van der Waals surface area contributed by atoms with E-state index in [-0.39, 0.29) is 35.5 Å². The molecule has 0 aliphatic heterocycles. The van der Waals surface area contributed by atoms with Crippen molar-refractivity contribution in [3.8, 4) is 11.5 Å². The third-order valence-corrected chi connectivity index (χ3v) is 8.71. The Morgan fingerprint density at radius 2 is 0.831 bits per heavy atom. The maximum Gasteiger partial charge on any atom is 0.349 e. The van der Waals surface area contributed by atoms with Crippen molar-refractivity contribution in [1.29, 1.82) is 0 Å². The molecule has 2 aromatic rings. The van der Waals surface area contributed by atoms with Gasteiger partial charge in [-0.3, -0.25) is 14.4 Å². The average Bonchev–Trinajstić information content (AvgIpc) is 3.27. The first-order valence-electron chi connectivity index (χ1n) is 22.3. The Labute approximate surface area is 392 Å². The fourth-order valence-corrected chi connectivity index (χ4v) is 5.26. The summed E-state index contributed by atoms with van der Waals surface area (Å²) in [5.74, 6) is -2.65. The molecule has 352 valence electrons. The van der Waals surface area contributed by atoms with Crippen molar-refractivity contribution in [3.05, 3.63) is 169 Å².